The zero-order valence-electron chi connectivity index (χ0n) is 7.32. The van der Waals surface area contributed by atoms with Crippen LogP contribution in [-0.4, -0.2) is 39.1 Å². The van der Waals surface area contributed by atoms with E-state index < -0.39 is 0 Å². The second-order valence-corrected chi connectivity index (χ2v) is 2.46. The molecule has 4 nitrogen and oxygen atoms in total. The van der Waals surface area contributed by atoms with Crippen molar-refractivity contribution in [3.05, 3.63) is 6.79 Å². The summed E-state index contributed by atoms with van der Waals surface area (Å²) in [7, 11) is 0. The summed E-state index contributed by atoms with van der Waals surface area (Å²) in [5.41, 5.74) is 0. The quantitative estimate of drug-likeness (QED) is 0.553. The number of hydrogen-bond donors (Lipinski definition) is 0. The summed E-state index contributed by atoms with van der Waals surface area (Å²) >= 11 is 0. The fourth-order valence-corrected chi connectivity index (χ4v) is 0.868. The van der Waals surface area contributed by atoms with E-state index in [-0.39, 0.29) is 6.10 Å². The molecule has 0 amide bonds. The molecular weight excluding hydrogens is 160 g/mol. The first-order valence-electron chi connectivity index (χ1n) is 4.17. The van der Waals surface area contributed by atoms with Crippen molar-refractivity contribution in [1.29, 1.82) is 0 Å². The van der Waals surface area contributed by atoms with Gasteiger partial charge in [0.25, 0.3) is 0 Å². The average Bonchev–Trinajstić information content (AvgIpc) is 2.57. The molecule has 1 aliphatic rings. The van der Waals surface area contributed by atoms with Crippen LogP contribution in [0.3, 0.4) is 0 Å². The summed E-state index contributed by atoms with van der Waals surface area (Å²) in [6.07, 6.45) is 0.0617. The van der Waals surface area contributed by atoms with Gasteiger partial charge in [-0.2, -0.15) is 0 Å². The molecule has 1 aliphatic heterocycles. The lowest BCUT2D eigenvalue weighted by molar-refractivity contribution is 0.00807. The van der Waals surface area contributed by atoms with Gasteiger partial charge in [0, 0.05) is 6.61 Å². The third kappa shape index (κ3) is 4.01. The molecule has 0 spiro atoms. The molecule has 1 saturated heterocycles. The molecular formula is C8H15O4. The molecule has 0 N–H and O–H groups in total. The lowest BCUT2D eigenvalue weighted by atomic mass is 10.4. The normalized spacial score (nSPS) is 23.2. The molecule has 0 bridgehead atoms. The fourth-order valence-electron chi connectivity index (χ4n) is 0.868. The van der Waals surface area contributed by atoms with Gasteiger partial charge >= 0.3 is 0 Å². The van der Waals surface area contributed by atoms with Crippen LogP contribution >= 0.6 is 0 Å². The maximum absolute atomic E-state index is 5.27. The lowest BCUT2D eigenvalue weighted by Crippen LogP contribution is -2.19. The van der Waals surface area contributed by atoms with Gasteiger partial charge in [-0.1, -0.05) is 0 Å². The average molecular weight is 175 g/mol. The van der Waals surface area contributed by atoms with Crippen molar-refractivity contribution < 1.29 is 18.9 Å². The fraction of sp³-hybridized carbons (Fsp3) is 0.875. The first-order chi connectivity index (χ1) is 5.93. The Morgan fingerprint density at radius 3 is 2.92 bits per heavy atom. The Labute approximate surface area is 72.7 Å². The van der Waals surface area contributed by atoms with Crippen LogP contribution in [0.15, 0.2) is 0 Å². The largest absolute Gasteiger partial charge is 0.379 e. The monoisotopic (exact) mass is 175 g/mol. The van der Waals surface area contributed by atoms with E-state index in [1.54, 1.807) is 0 Å². The van der Waals surface area contributed by atoms with E-state index in [0.29, 0.717) is 26.4 Å². The van der Waals surface area contributed by atoms with Crippen LogP contribution in [-0.2, 0) is 18.9 Å². The Hall–Kier alpha value is -0.160. The molecule has 1 atom stereocenters. The van der Waals surface area contributed by atoms with E-state index in [4.69, 9.17) is 18.9 Å². The third-order valence-electron chi connectivity index (χ3n) is 1.48. The van der Waals surface area contributed by atoms with Crippen LogP contribution in [0.1, 0.15) is 6.92 Å². The molecule has 0 aromatic rings. The molecule has 71 valence electrons. The molecule has 1 heterocycles. The van der Waals surface area contributed by atoms with E-state index in [2.05, 4.69) is 0 Å². The topological polar surface area (TPSA) is 36.9 Å². The van der Waals surface area contributed by atoms with Crippen LogP contribution in [0, 0.1) is 6.79 Å². The second kappa shape index (κ2) is 6.37. The third-order valence-corrected chi connectivity index (χ3v) is 1.48. The molecule has 0 aromatic carbocycles. The minimum absolute atomic E-state index is 0.0617. The van der Waals surface area contributed by atoms with Gasteiger partial charge in [-0.05, 0) is 6.92 Å². The first kappa shape index (κ1) is 9.92. The van der Waals surface area contributed by atoms with Crippen LogP contribution < -0.4 is 0 Å². The minimum atomic E-state index is 0.0617. The van der Waals surface area contributed by atoms with Gasteiger partial charge in [-0.15, -0.1) is 0 Å². The van der Waals surface area contributed by atoms with Crippen LogP contribution in [0.2, 0.25) is 0 Å². The number of hydrogen-bond acceptors (Lipinski definition) is 4. The predicted molar refractivity (Wildman–Crippen MR) is 42.4 cm³/mol. The van der Waals surface area contributed by atoms with Gasteiger partial charge in [-0.3, -0.25) is 0 Å². The lowest BCUT2D eigenvalue weighted by Gasteiger charge is -2.07. The summed E-state index contributed by atoms with van der Waals surface area (Å²) in [6.45, 7) is 6.49. The molecule has 12 heavy (non-hydrogen) atoms. The smallest absolute Gasteiger partial charge is 0.209 e. The molecule has 4 heteroatoms. The zero-order chi connectivity index (χ0) is 8.65. The molecule has 0 saturated carbocycles. The minimum Gasteiger partial charge on any atom is -0.379 e. The van der Waals surface area contributed by atoms with Crippen molar-refractivity contribution in [2.45, 2.75) is 13.0 Å². The maximum Gasteiger partial charge on any atom is 0.209 e. The summed E-state index contributed by atoms with van der Waals surface area (Å²) in [5, 5.41) is 0. The molecule has 1 unspecified atom stereocenters. The van der Waals surface area contributed by atoms with Crippen molar-refractivity contribution in [1.82, 2.24) is 0 Å². The van der Waals surface area contributed by atoms with Crippen LogP contribution in [0.25, 0.3) is 0 Å². The second-order valence-electron chi connectivity index (χ2n) is 2.46. The summed E-state index contributed by atoms with van der Waals surface area (Å²) < 4.78 is 20.3. The van der Waals surface area contributed by atoms with Gasteiger partial charge in [0.1, 0.15) is 6.10 Å². The van der Waals surface area contributed by atoms with Gasteiger partial charge in [0.2, 0.25) is 6.79 Å². The van der Waals surface area contributed by atoms with Gasteiger partial charge in [0.15, 0.2) is 0 Å². The summed E-state index contributed by atoms with van der Waals surface area (Å²) in [6, 6.07) is 0. The van der Waals surface area contributed by atoms with Crippen molar-refractivity contribution >= 4 is 0 Å². The highest BCUT2D eigenvalue weighted by molar-refractivity contribution is 4.61. The molecule has 0 aliphatic carbocycles. The molecule has 1 radical (unpaired) electrons. The SMILES string of the molecule is CCOCCOCC1CO[CH]O1. The van der Waals surface area contributed by atoms with Crippen molar-refractivity contribution in [2.75, 3.05) is 33.0 Å². The Balaban J connectivity index is 1.81. The van der Waals surface area contributed by atoms with Crippen LogP contribution in [0.4, 0.5) is 0 Å². The van der Waals surface area contributed by atoms with E-state index in [9.17, 15) is 0 Å². The van der Waals surface area contributed by atoms with Crippen molar-refractivity contribution in [2.24, 2.45) is 0 Å². The Morgan fingerprint density at radius 1 is 1.42 bits per heavy atom. The zero-order valence-corrected chi connectivity index (χ0v) is 7.32. The van der Waals surface area contributed by atoms with E-state index in [0.717, 1.165) is 6.61 Å². The van der Waals surface area contributed by atoms with Crippen LogP contribution in [0.5, 0.6) is 0 Å². The van der Waals surface area contributed by atoms with E-state index in [1.165, 1.54) is 6.79 Å². The first-order valence-corrected chi connectivity index (χ1v) is 4.17. The van der Waals surface area contributed by atoms with Gasteiger partial charge in [-0.25, -0.2) is 0 Å². The van der Waals surface area contributed by atoms with Crippen molar-refractivity contribution in [3.63, 3.8) is 0 Å². The molecule has 0 aromatic heterocycles. The molecule has 1 rings (SSSR count). The van der Waals surface area contributed by atoms with E-state index in [1.807, 2.05) is 6.92 Å². The Kier molecular flexibility index (Phi) is 5.27. The Bertz CT molecular complexity index is 101. The van der Waals surface area contributed by atoms with E-state index >= 15 is 0 Å². The van der Waals surface area contributed by atoms with Gasteiger partial charge in [0.05, 0.1) is 26.4 Å². The maximum atomic E-state index is 5.27. The van der Waals surface area contributed by atoms with Crippen molar-refractivity contribution in [3.8, 4) is 0 Å². The summed E-state index contributed by atoms with van der Waals surface area (Å²) in [4.78, 5) is 0. The highest BCUT2D eigenvalue weighted by Gasteiger charge is 2.16. The predicted octanol–water partition coefficient (Wildman–Crippen LogP) is 0.574. The number of rotatable bonds is 6. The highest BCUT2D eigenvalue weighted by Crippen LogP contribution is 2.06. The Morgan fingerprint density at radius 2 is 2.25 bits per heavy atom. The molecule has 1 fully saturated rings. The number of ether oxygens (including phenoxy) is 4. The highest BCUT2D eigenvalue weighted by atomic mass is 16.7. The standard InChI is InChI=1S/C8H15O4/c1-2-9-3-4-10-5-8-6-11-7-12-8/h7-8H,2-6H2,1H3. The summed E-state index contributed by atoms with van der Waals surface area (Å²) in [5.74, 6) is 0. The van der Waals surface area contributed by atoms with Gasteiger partial charge < -0.3 is 18.9 Å².